The molecule has 0 saturated carbocycles. The minimum absolute atomic E-state index is 0.00347. The van der Waals surface area contributed by atoms with Gasteiger partial charge < -0.3 is 20.6 Å². The molecule has 27 heavy (non-hydrogen) atoms. The lowest BCUT2D eigenvalue weighted by molar-refractivity contribution is -0.199. The Morgan fingerprint density at radius 3 is 2.41 bits per heavy atom. The van der Waals surface area contributed by atoms with Crippen molar-refractivity contribution in [3.8, 4) is 0 Å². The zero-order valence-electron chi connectivity index (χ0n) is 14.9. The van der Waals surface area contributed by atoms with Crippen molar-refractivity contribution < 1.29 is 28.8 Å². The first-order valence-electron chi connectivity index (χ1n) is 8.76. The van der Waals surface area contributed by atoms with Crippen LogP contribution in [-0.4, -0.2) is 41.5 Å². The van der Waals surface area contributed by atoms with Crippen molar-refractivity contribution in [1.29, 1.82) is 0 Å². The second-order valence-electron chi connectivity index (χ2n) is 6.04. The zero-order valence-corrected chi connectivity index (χ0v) is 14.9. The van der Waals surface area contributed by atoms with Gasteiger partial charge in [0.1, 0.15) is 12.6 Å². The van der Waals surface area contributed by atoms with Crippen LogP contribution in [-0.2, 0) is 30.6 Å². The van der Waals surface area contributed by atoms with Crippen molar-refractivity contribution in [2.24, 2.45) is 5.73 Å². The maximum atomic E-state index is 12.3. The van der Waals surface area contributed by atoms with Gasteiger partial charge in [0, 0.05) is 12.8 Å². The smallest absolute Gasteiger partial charge is 0.408 e. The third-order valence-corrected chi connectivity index (χ3v) is 3.92. The van der Waals surface area contributed by atoms with Gasteiger partial charge in [0.05, 0.1) is 0 Å². The van der Waals surface area contributed by atoms with Crippen molar-refractivity contribution in [2.45, 2.75) is 44.8 Å². The zero-order chi connectivity index (χ0) is 19.6. The van der Waals surface area contributed by atoms with E-state index in [9.17, 15) is 19.2 Å². The summed E-state index contributed by atoms with van der Waals surface area (Å²) in [5, 5.41) is 2.88. The van der Waals surface area contributed by atoms with Gasteiger partial charge in [0.15, 0.2) is 0 Å². The van der Waals surface area contributed by atoms with E-state index in [2.05, 4.69) is 5.32 Å². The third-order valence-electron chi connectivity index (χ3n) is 3.92. The highest BCUT2D eigenvalue weighted by Gasteiger charge is 2.35. The van der Waals surface area contributed by atoms with Crippen molar-refractivity contribution >= 4 is 23.9 Å². The van der Waals surface area contributed by atoms with Gasteiger partial charge in [0.2, 0.25) is 0 Å². The summed E-state index contributed by atoms with van der Waals surface area (Å²) >= 11 is 0. The Morgan fingerprint density at radius 1 is 1.11 bits per heavy atom. The predicted molar refractivity (Wildman–Crippen MR) is 93.6 cm³/mol. The number of benzene rings is 1. The first-order valence-corrected chi connectivity index (χ1v) is 8.76. The van der Waals surface area contributed by atoms with Gasteiger partial charge in [-0.3, -0.25) is 9.59 Å². The molecule has 0 aliphatic carbocycles. The normalized spacial score (nSPS) is 14.8. The lowest BCUT2D eigenvalue weighted by Gasteiger charge is -2.20. The fourth-order valence-electron chi connectivity index (χ4n) is 2.46. The van der Waals surface area contributed by atoms with E-state index in [1.54, 1.807) is 12.1 Å². The van der Waals surface area contributed by atoms with E-state index >= 15 is 0 Å². The van der Waals surface area contributed by atoms with Crippen LogP contribution in [0.3, 0.4) is 0 Å². The topological polar surface area (TPSA) is 128 Å². The molecule has 9 heteroatoms. The molecule has 0 radical (unpaired) electrons. The molecular weight excluding hydrogens is 354 g/mol. The van der Waals surface area contributed by atoms with Crippen LogP contribution in [0.1, 0.15) is 37.7 Å². The van der Waals surface area contributed by atoms with Crippen LogP contribution in [0, 0.1) is 0 Å². The number of alkyl carbamates (subject to hydrolysis) is 1. The molecule has 3 N–H and O–H groups in total. The molecule has 3 amide bonds. The predicted octanol–water partition coefficient (Wildman–Crippen LogP) is 1.02. The van der Waals surface area contributed by atoms with Gasteiger partial charge in [-0.1, -0.05) is 30.3 Å². The van der Waals surface area contributed by atoms with E-state index in [1.165, 1.54) is 0 Å². The van der Waals surface area contributed by atoms with Gasteiger partial charge in [-0.2, -0.15) is 0 Å². The Morgan fingerprint density at radius 2 is 1.78 bits per heavy atom. The van der Waals surface area contributed by atoms with Gasteiger partial charge in [-0.25, -0.2) is 9.59 Å². The molecule has 1 aromatic carbocycles. The molecule has 146 valence electrons. The average Bonchev–Trinajstić information content (AvgIpc) is 2.98. The fraction of sp³-hybridized carbons (Fsp3) is 0.444. The minimum Gasteiger partial charge on any atom is -0.445 e. The molecule has 1 aromatic rings. The summed E-state index contributed by atoms with van der Waals surface area (Å²) in [4.78, 5) is 52.4. The van der Waals surface area contributed by atoms with E-state index in [4.69, 9.17) is 15.3 Å². The van der Waals surface area contributed by atoms with Crippen LogP contribution in [0.25, 0.3) is 0 Å². The monoisotopic (exact) mass is 377 g/mol. The number of imide groups is 1. The van der Waals surface area contributed by atoms with Crippen LogP contribution in [0.2, 0.25) is 0 Å². The highest BCUT2D eigenvalue weighted by atomic mass is 16.7. The minimum atomic E-state index is -1.05. The Hall–Kier alpha value is -2.94. The summed E-state index contributed by atoms with van der Waals surface area (Å²) in [7, 11) is 0. The number of hydroxylamine groups is 2. The van der Waals surface area contributed by atoms with E-state index in [-0.39, 0.29) is 25.9 Å². The quantitative estimate of drug-likeness (QED) is 0.485. The SMILES string of the molecule is NCCCCC(NC(=O)OCc1ccccc1)C(=O)ON1C(=O)CCC1=O. The molecule has 2 rings (SSSR count). The van der Waals surface area contributed by atoms with Gasteiger partial charge in [-0.05, 0) is 31.4 Å². The number of hydrogen-bond acceptors (Lipinski definition) is 7. The summed E-state index contributed by atoms with van der Waals surface area (Å²) < 4.78 is 5.10. The van der Waals surface area contributed by atoms with E-state index < -0.39 is 29.9 Å². The molecule has 0 bridgehead atoms. The van der Waals surface area contributed by atoms with Crippen LogP contribution in [0.5, 0.6) is 0 Å². The van der Waals surface area contributed by atoms with Crippen molar-refractivity contribution in [3.05, 3.63) is 35.9 Å². The van der Waals surface area contributed by atoms with Crippen molar-refractivity contribution in [3.63, 3.8) is 0 Å². The second-order valence-corrected chi connectivity index (χ2v) is 6.04. The first kappa shape index (κ1) is 20.4. The standard InChI is InChI=1S/C18H23N3O6/c19-11-5-4-8-14(17(24)27-21-15(22)9-10-16(21)23)20-18(25)26-12-13-6-2-1-3-7-13/h1-3,6-7,14H,4-5,8-12,19H2,(H,20,25). The van der Waals surface area contributed by atoms with E-state index in [0.29, 0.717) is 24.4 Å². The number of hydrogen-bond donors (Lipinski definition) is 2. The molecule has 1 heterocycles. The number of amides is 3. The fourth-order valence-corrected chi connectivity index (χ4v) is 2.46. The molecule has 1 atom stereocenters. The van der Waals surface area contributed by atoms with Crippen LogP contribution in [0.15, 0.2) is 30.3 Å². The average molecular weight is 377 g/mol. The number of rotatable bonds is 9. The molecule has 1 aliphatic rings. The summed E-state index contributed by atoms with van der Waals surface area (Å²) in [5.74, 6) is -2.06. The number of nitrogens with two attached hydrogens (primary N) is 1. The van der Waals surface area contributed by atoms with Gasteiger partial charge in [0.25, 0.3) is 11.8 Å². The molecule has 0 aromatic heterocycles. The van der Waals surface area contributed by atoms with Gasteiger partial charge in [-0.15, -0.1) is 5.06 Å². The Balaban J connectivity index is 1.91. The van der Waals surface area contributed by atoms with Crippen LogP contribution < -0.4 is 11.1 Å². The summed E-state index contributed by atoms with van der Waals surface area (Å²) in [6.07, 6.45) is 0.635. The number of ether oxygens (including phenoxy) is 1. The number of carbonyl (C=O) groups excluding carboxylic acids is 4. The van der Waals surface area contributed by atoms with Crippen molar-refractivity contribution in [1.82, 2.24) is 10.4 Å². The third kappa shape index (κ3) is 6.37. The lowest BCUT2D eigenvalue weighted by Crippen LogP contribution is -2.45. The number of carbonyl (C=O) groups is 4. The second kappa shape index (κ2) is 10.3. The molecule has 9 nitrogen and oxygen atoms in total. The highest BCUT2D eigenvalue weighted by molar-refractivity contribution is 6.01. The lowest BCUT2D eigenvalue weighted by atomic mass is 10.1. The summed E-state index contributed by atoms with van der Waals surface area (Å²) in [6.45, 7) is 0.476. The van der Waals surface area contributed by atoms with Gasteiger partial charge >= 0.3 is 12.1 Å². The highest BCUT2D eigenvalue weighted by Crippen LogP contribution is 2.14. The molecule has 1 saturated heterocycles. The molecule has 1 fully saturated rings. The van der Waals surface area contributed by atoms with E-state index in [1.807, 2.05) is 18.2 Å². The summed E-state index contributed by atoms with van der Waals surface area (Å²) in [6, 6.07) is 8.01. The molecular formula is C18H23N3O6. The maximum Gasteiger partial charge on any atom is 0.408 e. The Kier molecular flexibility index (Phi) is 7.75. The number of unbranched alkanes of at least 4 members (excludes halogenated alkanes) is 1. The largest absolute Gasteiger partial charge is 0.445 e. The first-order chi connectivity index (χ1) is 13.0. The Labute approximate surface area is 156 Å². The number of nitrogens with one attached hydrogen (secondary N) is 1. The van der Waals surface area contributed by atoms with Crippen LogP contribution >= 0.6 is 0 Å². The van der Waals surface area contributed by atoms with Crippen molar-refractivity contribution in [2.75, 3.05) is 6.54 Å². The number of nitrogens with zero attached hydrogens (tertiary/aromatic N) is 1. The maximum absolute atomic E-state index is 12.3. The summed E-state index contributed by atoms with van der Waals surface area (Å²) in [5.41, 5.74) is 6.24. The molecule has 0 spiro atoms. The van der Waals surface area contributed by atoms with E-state index in [0.717, 1.165) is 5.56 Å². The molecule has 1 unspecified atom stereocenters. The molecule has 1 aliphatic heterocycles. The Bertz CT molecular complexity index is 663. The van der Waals surface area contributed by atoms with Crippen LogP contribution in [0.4, 0.5) is 4.79 Å².